The van der Waals surface area contributed by atoms with Crippen molar-refractivity contribution < 1.29 is 25.8 Å². The van der Waals surface area contributed by atoms with E-state index in [2.05, 4.69) is 14.3 Å². The van der Waals surface area contributed by atoms with Crippen molar-refractivity contribution in [3.63, 3.8) is 0 Å². The third-order valence-electron chi connectivity index (χ3n) is 4.40. The standard InChI is InChI=1S/C19H12F3N5O3S/c1-26-11-14(9-25-26)13-6-17(27-15(8-23)10-24-18(27)7-13)12-2-4-16(5-3-12)30-31(28,29)19(20,21)22/h2-7,9-11H,1H3. The maximum absolute atomic E-state index is 12.5. The molecule has 4 rings (SSSR count). The summed E-state index contributed by atoms with van der Waals surface area (Å²) in [7, 11) is -4.01. The molecule has 0 aliphatic rings. The number of nitrogens with zero attached hydrogens (tertiary/aromatic N) is 5. The number of halogens is 3. The number of pyridine rings is 1. The maximum Gasteiger partial charge on any atom is 0.534 e. The van der Waals surface area contributed by atoms with Gasteiger partial charge in [-0.1, -0.05) is 0 Å². The molecule has 0 atom stereocenters. The minimum absolute atomic E-state index is 0.253. The molecule has 0 N–H and O–H groups in total. The van der Waals surface area contributed by atoms with Gasteiger partial charge in [0.15, 0.2) is 0 Å². The molecule has 12 heteroatoms. The third-order valence-corrected chi connectivity index (χ3v) is 5.38. The molecule has 31 heavy (non-hydrogen) atoms. The fourth-order valence-corrected chi connectivity index (χ4v) is 3.46. The molecule has 4 aromatic rings. The second-order valence-corrected chi connectivity index (χ2v) is 8.03. The highest BCUT2D eigenvalue weighted by Gasteiger charge is 2.48. The Morgan fingerprint density at radius 2 is 1.77 bits per heavy atom. The summed E-state index contributed by atoms with van der Waals surface area (Å²) in [4.78, 5) is 4.25. The van der Waals surface area contributed by atoms with E-state index in [0.29, 0.717) is 16.9 Å². The normalized spacial score (nSPS) is 12.1. The Morgan fingerprint density at radius 1 is 1.06 bits per heavy atom. The van der Waals surface area contributed by atoms with Gasteiger partial charge in [0.05, 0.1) is 18.1 Å². The first-order valence-corrected chi connectivity index (χ1v) is 10.0. The van der Waals surface area contributed by atoms with Crippen molar-refractivity contribution in [1.82, 2.24) is 19.2 Å². The molecular weight excluding hydrogens is 435 g/mol. The van der Waals surface area contributed by atoms with E-state index in [1.54, 1.807) is 40.7 Å². The second-order valence-electron chi connectivity index (χ2n) is 6.49. The Balaban J connectivity index is 1.81. The first-order valence-electron chi connectivity index (χ1n) is 8.61. The van der Waals surface area contributed by atoms with Crippen LogP contribution in [-0.4, -0.2) is 33.1 Å². The number of alkyl halides is 3. The smallest absolute Gasteiger partial charge is 0.376 e. The van der Waals surface area contributed by atoms with Crippen molar-refractivity contribution in [3.05, 3.63) is 60.7 Å². The number of rotatable bonds is 4. The zero-order chi connectivity index (χ0) is 22.4. The second kappa shape index (κ2) is 7.13. The topological polar surface area (TPSA) is 102 Å². The van der Waals surface area contributed by atoms with Crippen LogP contribution in [0.2, 0.25) is 0 Å². The van der Waals surface area contributed by atoms with E-state index in [-0.39, 0.29) is 5.69 Å². The quantitative estimate of drug-likeness (QED) is 0.351. The molecule has 0 saturated heterocycles. The van der Waals surface area contributed by atoms with Crippen LogP contribution in [0.4, 0.5) is 13.2 Å². The first kappa shape index (κ1) is 20.4. The van der Waals surface area contributed by atoms with Crippen LogP contribution >= 0.6 is 0 Å². The molecule has 1 aromatic carbocycles. The molecule has 0 aliphatic heterocycles. The lowest BCUT2D eigenvalue weighted by Gasteiger charge is -2.12. The number of aromatic nitrogens is 4. The summed E-state index contributed by atoms with van der Waals surface area (Å²) in [6, 6.07) is 10.6. The SMILES string of the molecule is Cn1cc(-c2cc(-c3ccc(OS(=O)(=O)C(F)(F)F)cc3)n3c(C#N)cnc3c2)cn1. The van der Waals surface area contributed by atoms with Crippen molar-refractivity contribution in [2.45, 2.75) is 5.51 Å². The summed E-state index contributed by atoms with van der Waals surface area (Å²) < 4.78 is 67.3. The third kappa shape index (κ3) is 3.71. The van der Waals surface area contributed by atoms with Gasteiger partial charge in [0.2, 0.25) is 0 Å². The highest BCUT2D eigenvalue weighted by atomic mass is 32.2. The lowest BCUT2D eigenvalue weighted by molar-refractivity contribution is -0.0500. The van der Waals surface area contributed by atoms with Crippen molar-refractivity contribution in [2.75, 3.05) is 0 Å². The highest BCUT2D eigenvalue weighted by molar-refractivity contribution is 7.88. The van der Waals surface area contributed by atoms with Crippen LogP contribution in [0.15, 0.2) is 55.0 Å². The van der Waals surface area contributed by atoms with Gasteiger partial charge in [-0.15, -0.1) is 0 Å². The molecule has 0 saturated carbocycles. The van der Waals surface area contributed by atoms with E-state index in [1.807, 2.05) is 6.07 Å². The molecule has 158 valence electrons. The molecule has 3 aromatic heterocycles. The number of hydrogen-bond donors (Lipinski definition) is 0. The molecule has 0 radical (unpaired) electrons. The minimum Gasteiger partial charge on any atom is -0.376 e. The van der Waals surface area contributed by atoms with Crippen LogP contribution in [0.3, 0.4) is 0 Å². The number of benzene rings is 1. The Hall–Kier alpha value is -3.85. The van der Waals surface area contributed by atoms with Crippen LogP contribution in [0.25, 0.3) is 28.0 Å². The lowest BCUT2D eigenvalue weighted by Crippen LogP contribution is -2.28. The van der Waals surface area contributed by atoms with Crippen molar-refractivity contribution >= 4 is 15.8 Å². The summed E-state index contributed by atoms with van der Waals surface area (Å²) in [5, 5.41) is 13.6. The largest absolute Gasteiger partial charge is 0.534 e. The lowest BCUT2D eigenvalue weighted by atomic mass is 10.1. The average Bonchev–Trinajstić information content (AvgIpc) is 3.32. The molecule has 0 aliphatic carbocycles. The van der Waals surface area contributed by atoms with Gasteiger partial charge in [0, 0.05) is 18.8 Å². The van der Waals surface area contributed by atoms with Gasteiger partial charge in [-0.05, 0) is 47.5 Å². The summed E-state index contributed by atoms with van der Waals surface area (Å²) in [6.07, 6.45) is 4.85. The van der Waals surface area contributed by atoms with Gasteiger partial charge >= 0.3 is 15.6 Å². The first-order chi connectivity index (χ1) is 14.6. The van der Waals surface area contributed by atoms with Crippen LogP contribution in [0, 0.1) is 11.3 Å². The predicted molar refractivity (Wildman–Crippen MR) is 103 cm³/mol. The zero-order valence-electron chi connectivity index (χ0n) is 15.7. The van der Waals surface area contributed by atoms with Crippen molar-refractivity contribution in [2.24, 2.45) is 7.05 Å². The average molecular weight is 447 g/mol. The van der Waals surface area contributed by atoms with Gasteiger partial charge < -0.3 is 4.18 Å². The van der Waals surface area contributed by atoms with E-state index in [9.17, 15) is 26.9 Å². The van der Waals surface area contributed by atoms with Gasteiger partial charge in [-0.25, -0.2) is 4.98 Å². The van der Waals surface area contributed by atoms with Crippen LogP contribution < -0.4 is 4.18 Å². The number of imidazole rings is 1. The van der Waals surface area contributed by atoms with Crippen LogP contribution in [0.1, 0.15) is 5.69 Å². The van der Waals surface area contributed by atoms with E-state index in [1.165, 1.54) is 18.3 Å². The number of hydrogen-bond acceptors (Lipinski definition) is 6. The van der Waals surface area contributed by atoms with E-state index >= 15 is 0 Å². The van der Waals surface area contributed by atoms with Gasteiger partial charge in [-0.2, -0.15) is 31.9 Å². The maximum atomic E-state index is 12.5. The molecule has 3 heterocycles. The van der Waals surface area contributed by atoms with Gasteiger partial charge in [-0.3, -0.25) is 9.08 Å². The minimum atomic E-state index is -5.77. The molecule has 0 spiro atoms. The van der Waals surface area contributed by atoms with E-state index in [0.717, 1.165) is 23.3 Å². The Kier molecular flexibility index (Phi) is 4.70. The Morgan fingerprint density at radius 3 is 2.35 bits per heavy atom. The fourth-order valence-electron chi connectivity index (χ4n) is 3.00. The molecule has 8 nitrogen and oxygen atoms in total. The van der Waals surface area contributed by atoms with Crippen LogP contribution in [-0.2, 0) is 17.2 Å². The van der Waals surface area contributed by atoms with Gasteiger partial charge in [0.1, 0.15) is 23.2 Å². The van der Waals surface area contributed by atoms with Crippen LogP contribution in [0.5, 0.6) is 5.75 Å². The number of aryl methyl sites for hydroxylation is 1. The van der Waals surface area contributed by atoms with E-state index in [4.69, 9.17) is 0 Å². The zero-order valence-corrected chi connectivity index (χ0v) is 16.5. The van der Waals surface area contributed by atoms with Crippen molar-refractivity contribution in [1.29, 1.82) is 5.26 Å². The summed E-state index contributed by atoms with van der Waals surface area (Å²) in [5.41, 5.74) is -2.23. The number of nitriles is 1. The molecule has 0 fully saturated rings. The molecular formula is C19H12F3N5O3S. The molecule has 0 bridgehead atoms. The Bertz CT molecular complexity index is 1430. The fraction of sp³-hybridized carbons (Fsp3) is 0.105. The Labute approximate surface area is 173 Å². The summed E-state index contributed by atoms with van der Waals surface area (Å²) in [5.74, 6) is -0.494. The number of fused-ring (bicyclic) bond motifs is 1. The van der Waals surface area contributed by atoms with Crippen molar-refractivity contribution in [3.8, 4) is 34.2 Å². The monoisotopic (exact) mass is 447 g/mol. The molecule has 0 unspecified atom stereocenters. The van der Waals surface area contributed by atoms with Gasteiger partial charge in [0.25, 0.3) is 0 Å². The highest BCUT2D eigenvalue weighted by Crippen LogP contribution is 2.32. The van der Waals surface area contributed by atoms with E-state index < -0.39 is 21.4 Å². The summed E-state index contributed by atoms with van der Waals surface area (Å²) >= 11 is 0. The predicted octanol–water partition coefficient (Wildman–Crippen LogP) is 3.50. The molecule has 0 amide bonds. The summed E-state index contributed by atoms with van der Waals surface area (Å²) in [6.45, 7) is 0.